The molecule has 7 nitrogen and oxygen atoms in total. The largest absolute Gasteiger partial charge is 0.497 e. The van der Waals surface area contributed by atoms with Crippen molar-refractivity contribution < 1.29 is 13.9 Å². The van der Waals surface area contributed by atoms with Crippen LogP contribution in [0, 0.1) is 13.8 Å². The summed E-state index contributed by atoms with van der Waals surface area (Å²) in [5.41, 5.74) is 2.21. The van der Waals surface area contributed by atoms with Gasteiger partial charge >= 0.3 is 5.63 Å². The summed E-state index contributed by atoms with van der Waals surface area (Å²) < 4.78 is 12.2. The fourth-order valence-electron chi connectivity index (χ4n) is 2.96. The number of rotatable bonds is 5. The third kappa shape index (κ3) is 3.46. The quantitative estimate of drug-likeness (QED) is 0.711. The highest BCUT2D eigenvalue weighted by Crippen LogP contribution is 2.24. The minimum absolute atomic E-state index is 0.178. The van der Waals surface area contributed by atoms with Crippen molar-refractivity contribution in [1.29, 1.82) is 0 Å². The van der Waals surface area contributed by atoms with Gasteiger partial charge in [-0.05, 0) is 38.0 Å². The third-order valence-corrected chi connectivity index (χ3v) is 4.37. The van der Waals surface area contributed by atoms with E-state index in [1.54, 1.807) is 31.0 Å². The van der Waals surface area contributed by atoms with Gasteiger partial charge in [0, 0.05) is 36.6 Å². The van der Waals surface area contributed by atoms with Crippen molar-refractivity contribution >= 4 is 22.7 Å². The number of methoxy groups -OCH3 is 1. The predicted octanol–water partition coefficient (Wildman–Crippen LogP) is 2.72. The number of amides is 1. The summed E-state index contributed by atoms with van der Waals surface area (Å²) in [5, 5.41) is 7.83. The Hall–Kier alpha value is -3.09. The number of hydrogen-bond acceptors (Lipinski definition) is 5. The fraction of sp³-hybridized carbons (Fsp3) is 0.316. The summed E-state index contributed by atoms with van der Waals surface area (Å²) in [6.45, 7) is 3.72. The Kier molecular flexibility index (Phi) is 4.79. The van der Waals surface area contributed by atoms with Gasteiger partial charge in [0.05, 0.1) is 12.8 Å². The molecule has 0 aliphatic rings. The van der Waals surface area contributed by atoms with Gasteiger partial charge in [-0.2, -0.15) is 5.10 Å². The van der Waals surface area contributed by atoms with Gasteiger partial charge in [-0.25, -0.2) is 4.79 Å². The smallest absolute Gasteiger partial charge is 0.339 e. The average Bonchev–Trinajstić information content (AvgIpc) is 2.91. The number of hydrogen-bond donors (Lipinski definition) is 1. The lowest BCUT2D eigenvalue weighted by molar-refractivity contribution is -0.116. The van der Waals surface area contributed by atoms with Crippen LogP contribution in [0.5, 0.6) is 5.75 Å². The van der Waals surface area contributed by atoms with Gasteiger partial charge in [0.25, 0.3) is 0 Å². The number of ether oxygens (including phenoxy) is 1. The van der Waals surface area contributed by atoms with Crippen molar-refractivity contribution in [2.75, 3.05) is 12.4 Å². The first-order valence-corrected chi connectivity index (χ1v) is 8.30. The first-order valence-electron chi connectivity index (χ1n) is 8.30. The van der Waals surface area contributed by atoms with Crippen molar-refractivity contribution in [3.8, 4) is 5.75 Å². The van der Waals surface area contributed by atoms with Crippen LogP contribution in [0.15, 0.2) is 33.5 Å². The Morgan fingerprint density at radius 2 is 2.08 bits per heavy atom. The zero-order chi connectivity index (χ0) is 18.8. The fourth-order valence-corrected chi connectivity index (χ4v) is 2.96. The van der Waals surface area contributed by atoms with E-state index in [0.29, 0.717) is 29.1 Å². The summed E-state index contributed by atoms with van der Waals surface area (Å²) in [6.07, 6.45) is 0.482. The number of fused-ring (bicyclic) bond motifs is 1. The minimum atomic E-state index is -0.424. The van der Waals surface area contributed by atoms with Crippen LogP contribution < -0.4 is 15.7 Å². The summed E-state index contributed by atoms with van der Waals surface area (Å²) in [4.78, 5) is 24.5. The number of benzene rings is 1. The SMILES string of the molecule is COc1ccc2c(C)c(CCC(=O)Nc3cc(C)nn3C)c(=O)oc2c1. The third-order valence-electron chi connectivity index (χ3n) is 4.37. The molecule has 0 saturated heterocycles. The van der Waals surface area contributed by atoms with Crippen LogP contribution in [0.2, 0.25) is 0 Å². The topological polar surface area (TPSA) is 86.4 Å². The molecule has 1 aromatic carbocycles. The molecule has 0 aliphatic heterocycles. The summed E-state index contributed by atoms with van der Waals surface area (Å²) in [7, 11) is 3.32. The monoisotopic (exact) mass is 355 g/mol. The summed E-state index contributed by atoms with van der Waals surface area (Å²) >= 11 is 0. The van der Waals surface area contributed by atoms with E-state index < -0.39 is 5.63 Å². The van der Waals surface area contributed by atoms with Gasteiger partial charge < -0.3 is 14.5 Å². The van der Waals surface area contributed by atoms with Gasteiger partial charge in [-0.1, -0.05) is 0 Å². The Balaban J connectivity index is 1.79. The van der Waals surface area contributed by atoms with Crippen molar-refractivity contribution in [1.82, 2.24) is 9.78 Å². The Labute approximate surface area is 150 Å². The number of carbonyl (C=O) groups is 1. The van der Waals surface area contributed by atoms with Crippen molar-refractivity contribution in [2.45, 2.75) is 26.7 Å². The van der Waals surface area contributed by atoms with Crippen molar-refractivity contribution in [3.63, 3.8) is 0 Å². The number of carbonyl (C=O) groups excluding carboxylic acids is 1. The average molecular weight is 355 g/mol. The van der Waals surface area contributed by atoms with E-state index in [2.05, 4.69) is 10.4 Å². The predicted molar refractivity (Wildman–Crippen MR) is 98.7 cm³/mol. The van der Waals surface area contributed by atoms with Gasteiger partial charge in [0.1, 0.15) is 17.2 Å². The maximum Gasteiger partial charge on any atom is 0.339 e. The van der Waals surface area contributed by atoms with Crippen LogP contribution in [0.3, 0.4) is 0 Å². The number of nitrogens with one attached hydrogen (secondary N) is 1. The first kappa shape index (κ1) is 17.7. The molecule has 136 valence electrons. The van der Waals surface area contributed by atoms with Crippen LogP contribution in [-0.2, 0) is 18.3 Å². The van der Waals surface area contributed by atoms with Gasteiger partial charge in [-0.15, -0.1) is 0 Å². The highest BCUT2D eigenvalue weighted by Gasteiger charge is 2.14. The molecule has 3 rings (SSSR count). The minimum Gasteiger partial charge on any atom is -0.497 e. The van der Waals surface area contributed by atoms with Crippen LogP contribution in [-0.4, -0.2) is 22.8 Å². The molecule has 2 heterocycles. The zero-order valence-electron chi connectivity index (χ0n) is 15.3. The van der Waals surface area contributed by atoms with E-state index in [0.717, 1.165) is 16.6 Å². The second kappa shape index (κ2) is 7.03. The van der Waals surface area contributed by atoms with E-state index in [1.165, 1.54) is 0 Å². The Morgan fingerprint density at radius 3 is 2.73 bits per heavy atom. The maximum absolute atomic E-state index is 12.3. The molecule has 0 saturated carbocycles. The number of nitrogens with zero attached hydrogens (tertiary/aromatic N) is 2. The molecule has 0 aliphatic carbocycles. The van der Waals surface area contributed by atoms with E-state index >= 15 is 0 Å². The molecule has 0 bridgehead atoms. The van der Waals surface area contributed by atoms with E-state index in [4.69, 9.17) is 9.15 Å². The molecule has 0 spiro atoms. The number of aryl methyl sites for hydroxylation is 3. The molecule has 7 heteroatoms. The van der Waals surface area contributed by atoms with E-state index in [1.807, 2.05) is 26.0 Å². The molecule has 26 heavy (non-hydrogen) atoms. The van der Waals surface area contributed by atoms with Crippen molar-refractivity contribution in [2.24, 2.45) is 7.05 Å². The van der Waals surface area contributed by atoms with E-state index in [9.17, 15) is 9.59 Å². The highest BCUT2D eigenvalue weighted by molar-refractivity contribution is 5.90. The second-order valence-electron chi connectivity index (χ2n) is 6.20. The standard InChI is InChI=1S/C19H21N3O4/c1-11-9-17(22(3)21-11)20-18(23)8-7-15-12(2)14-6-5-13(25-4)10-16(14)26-19(15)24/h5-6,9-10H,7-8H2,1-4H3,(H,20,23). The lowest BCUT2D eigenvalue weighted by Crippen LogP contribution is -2.18. The molecule has 3 aromatic rings. The molecule has 0 radical (unpaired) electrons. The Morgan fingerprint density at radius 1 is 1.31 bits per heavy atom. The van der Waals surface area contributed by atoms with Crippen molar-refractivity contribution in [3.05, 3.63) is 51.5 Å². The Bertz CT molecular complexity index is 1030. The van der Waals surface area contributed by atoms with Gasteiger partial charge in [0.15, 0.2) is 0 Å². The molecular formula is C19H21N3O4. The molecule has 0 fully saturated rings. The normalized spacial score (nSPS) is 10.9. The molecule has 2 aromatic heterocycles. The van der Waals surface area contributed by atoms with Crippen LogP contribution >= 0.6 is 0 Å². The summed E-state index contributed by atoms with van der Waals surface area (Å²) in [5.74, 6) is 1.07. The molecule has 0 atom stereocenters. The highest BCUT2D eigenvalue weighted by atomic mass is 16.5. The lowest BCUT2D eigenvalue weighted by atomic mass is 10.0. The first-order chi connectivity index (χ1) is 12.4. The lowest BCUT2D eigenvalue weighted by Gasteiger charge is -2.09. The molecule has 0 unspecified atom stereocenters. The number of aromatic nitrogens is 2. The van der Waals surface area contributed by atoms with Crippen LogP contribution in [0.4, 0.5) is 5.82 Å². The zero-order valence-corrected chi connectivity index (χ0v) is 15.3. The second-order valence-corrected chi connectivity index (χ2v) is 6.20. The maximum atomic E-state index is 12.3. The molecular weight excluding hydrogens is 334 g/mol. The summed E-state index contributed by atoms with van der Waals surface area (Å²) in [6, 6.07) is 7.15. The van der Waals surface area contributed by atoms with Crippen LogP contribution in [0.25, 0.3) is 11.0 Å². The molecule has 1 amide bonds. The van der Waals surface area contributed by atoms with Gasteiger partial charge in [0.2, 0.25) is 5.91 Å². The number of anilines is 1. The van der Waals surface area contributed by atoms with Crippen LogP contribution in [0.1, 0.15) is 23.2 Å². The molecule has 1 N–H and O–H groups in total. The van der Waals surface area contributed by atoms with E-state index in [-0.39, 0.29) is 12.3 Å². The van der Waals surface area contributed by atoms with Gasteiger partial charge in [-0.3, -0.25) is 9.48 Å².